The average Bonchev–Trinajstić information content (AvgIpc) is 3.23. The second kappa shape index (κ2) is 11.8. The molecule has 0 aliphatic carbocycles. The summed E-state index contributed by atoms with van der Waals surface area (Å²) in [7, 11) is 0. The number of hydrogen-bond donors (Lipinski definition) is 5. The summed E-state index contributed by atoms with van der Waals surface area (Å²) >= 11 is 0. The Labute approximate surface area is 222 Å². The first-order valence-corrected chi connectivity index (χ1v) is 11.4. The molecular formula is C26H23N11O2. The lowest BCUT2D eigenvalue weighted by Gasteiger charge is -2.00. The third-order valence-electron chi connectivity index (χ3n) is 5.05. The van der Waals surface area contributed by atoms with Crippen LogP contribution in [-0.2, 0) is 0 Å². The largest absolute Gasteiger partial charge is 0.368 e. The lowest BCUT2D eigenvalue weighted by Crippen LogP contribution is -2.19. The monoisotopic (exact) mass is 521 g/mol. The van der Waals surface area contributed by atoms with Gasteiger partial charge in [0.1, 0.15) is 0 Å². The first-order chi connectivity index (χ1) is 18.8. The van der Waals surface area contributed by atoms with Crippen LogP contribution in [0.1, 0.15) is 20.7 Å². The van der Waals surface area contributed by atoms with Gasteiger partial charge in [-0.2, -0.15) is 29.9 Å². The van der Waals surface area contributed by atoms with Gasteiger partial charge in [0.2, 0.25) is 23.8 Å². The number of carbonyl (C=O) groups excluding carboxylic acids is 2. The first-order valence-electron chi connectivity index (χ1n) is 11.4. The maximum atomic E-state index is 10.9. The van der Waals surface area contributed by atoms with Crippen LogP contribution in [0, 0.1) is 0 Å². The normalized spacial score (nSPS) is 11.3. The number of amides is 2. The molecule has 0 saturated heterocycles. The molecule has 0 atom stereocenters. The van der Waals surface area contributed by atoms with Crippen LogP contribution in [0.3, 0.4) is 0 Å². The number of fused-ring (bicyclic) bond motifs is 1. The number of benzene rings is 3. The van der Waals surface area contributed by atoms with Gasteiger partial charge in [-0.1, -0.05) is 72.8 Å². The number of nitrogens with one attached hydrogen (secondary N) is 1. The Morgan fingerprint density at radius 2 is 0.744 bits per heavy atom. The molecule has 1 aliphatic rings. The Morgan fingerprint density at radius 1 is 0.436 bits per heavy atom. The number of aromatic nitrogens is 6. The maximum absolute atomic E-state index is 10.9. The molecule has 13 heteroatoms. The minimum absolute atomic E-state index is 0.136. The Hall–Kier alpha value is -5.98. The Bertz CT molecular complexity index is 1450. The molecule has 194 valence electrons. The minimum atomic E-state index is -0.300. The quantitative estimate of drug-likeness (QED) is 0.210. The van der Waals surface area contributed by atoms with E-state index in [9.17, 15) is 9.59 Å². The van der Waals surface area contributed by atoms with Crippen LogP contribution in [0.4, 0.5) is 23.8 Å². The number of imide groups is 1. The highest BCUT2D eigenvalue weighted by atomic mass is 16.2. The van der Waals surface area contributed by atoms with E-state index in [2.05, 4.69) is 35.2 Å². The van der Waals surface area contributed by atoms with E-state index in [1.54, 1.807) is 24.3 Å². The lowest BCUT2D eigenvalue weighted by molar-refractivity contribution is 0.0879. The molecule has 2 amide bonds. The number of hydrogen-bond acceptors (Lipinski definition) is 12. The molecule has 39 heavy (non-hydrogen) atoms. The van der Waals surface area contributed by atoms with Gasteiger partial charge < -0.3 is 22.9 Å². The summed E-state index contributed by atoms with van der Waals surface area (Å²) in [5.74, 6) is 0.933. The van der Waals surface area contributed by atoms with E-state index in [4.69, 9.17) is 22.9 Å². The third kappa shape index (κ3) is 6.83. The van der Waals surface area contributed by atoms with Crippen LogP contribution in [0.5, 0.6) is 0 Å². The molecule has 6 rings (SSSR count). The summed E-state index contributed by atoms with van der Waals surface area (Å²) in [4.78, 5) is 45.2. The molecule has 1 aliphatic heterocycles. The van der Waals surface area contributed by atoms with Crippen LogP contribution in [0.2, 0.25) is 0 Å². The van der Waals surface area contributed by atoms with E-state index in [-0.39, 0.29) is 35.6 Å². The van der Waals surface area contributed by atoms with E-state index in [0.717, 1.165) is 11.1 Å². The fourth-order valence-corrected chi connectivity index (χ4v) is 3.37. The van der Waals surface area contributed by atoms with Crippen LogP contribution in [-0.4, -0.2) is 41.7 Å². The van der Waals surface area contributed by atoms with Gasteiger partial charge in [0.15, 0.2) is 11.6 Å². The van der Waals surface area contributed by atoms with Crippen molar-refractivity contribution in [1.82, 2.24) is 35.2 Å². The predicted octanol–water partition coefficient (Wildman–Crippen LogP) is 1.98. The number of nitrogen functional groups attached to an aromatic ring is 4. The zero-order chi connectivity index (χ0) is 27.8. The number of rotatable bonds is 2. The van der Waals surface area contributed by atoms with E-state index in [1.807, 2.05) is 60.7 Å². The summed E-state index contributed by atoms with van der Waals surface area (Å²) in [5.41, 5.74) is 24.5. The molecule has 3 heterocycles. The highest BCUT2D eigenvalue weighted by molar-refractivity contribution is 6.21. The summed E-state index contributed by atoms with van der Waals surface area (Å²) in [6.07, 6.45) is 0. The van der Waals surface area contributed by atoms with Crippen LogP contribution >= 0.6 is 0 Å². The number of carbonyl (C=O) groups is 2. The zero-order valence-electron chi connectivity index (χ0n) is 20.4. The molecule has 0 bridgehead atoms. The van der Waals surface area contributed by atoms with Crippen LogP contribution in [0.25, 0.3) is 22.8 Å². The molecule has 0 fully saturated rings. The molecule has 0 radical (unpaired) electrons. The molecule has 0 spiro atoms. The standard InChI is InChI=1S/2C9H9N5.C8H5NO2/c2*10-8-12-7(13-9(11)14-8)6-4-2-1-3-5-6;10-7-5-3-1-2-4-6(5)8(11)9-7/h2*1-5H,(H4,10,11,12,13,14);1-4H,(H,9,10,11). The average molecular weight is 522 g/mol. The van der Waals surface area contributed by atoms with E-state index in [0.29, 0.717) is 22.8 Å². The van der Waals surface area contributed by atoms with Crippen molar-refractivity contribution >= 4 is 35.6 Å². The molecular weight excluding hydrogens is 498 g/mol. The first kappa shape index (κ1) is 26.1. The van der Waals surface area contributed by atoms with Crippen molar-refractivity contribution in [2.24, 2.45) is 0 Å². The van der Waals surface area contributed by atoms with Gasteiger partial charge >= 0.3 is 0 Å². The summed E-state index contributed by atoms with van der Waals surface area (Å²) < 4.78 is 0. The van der Waals surface area contributed by atoms with E-state index < -0.39 is 0 Å². The predicted molar refractivity (Wildman–Crippen MR) is 146 cm³/mol. The fraction of sp³-hybridized carbons (Fsp3) is 0. The van der Waals surface area contributed by atoms with Crippen LogP contribution in [0.15, 0.2) is 84.9 Å². The molecule has 2 aromatic heterocycles. The van der Waals surface area contributed by atoms with Gasteiger partial charge in [0.05, 0.1) is 11.1 Å². The Balaban J connectivity index is 0.000000137. The van der Waals surface area contributed by atoms with Gasteiger partial charge in [0.25, 0.3) is 11.8 Å². The Kier molecular flexibility index (Phi) is 7.92. The Morgan fingerprint density at radius 3 is 1.08 bits per heavy atom. The molecule has 3 aromatic carbocycles. The number of anilines is 4. The molecule has 0 saturated carbocycles. The van der Waals surface area contributed by atoms with Crippen molar-refractivity contribution in [2.75, 3.05) is 22.9 Å². The molecule has 13 nitrogen and oxygen atoms in total. The van der Waals surface area contributed by atoms with Gasteiger partial charge in [-0.15, -0.1) is 0 Å². The lowest BCUT2D eigenvalue weighted by atomic mass is 10.1. The van der Waals surface area contributed by atoms with Crippen molar-refractivity contribution in [3.8, 4) is 22.8 Å². The SMILES string of the molecule is Nc1nc(N)nc(-c2ccccc2)n1.Nc1nc(N)nc(-c2ccccc2)n1.O=C1NC(=O)c2ccccc21. The maximum Gasteiger partial charge on any atom is 0.258 e. The summed E-state index contributed by atoms with van der Waals surface area (Å²) in [6, 6.07) is 25.7. The van der Waals surface area contributed by atoms with E-state index in [1.165, 1.54) is 0 Å². The summed E-state index contributed by atoms with van der Waals surface area (Å²) in [5, 5.41) is 2.20. The number of nitrogens with two attached hydrogens (primary N) is 4. The topological polar surface area (TPSA) is 228 Å². The van der Waals surface area contributed by atoms with Crippen LogP contribution < -0.4 is 28.3 Å². The third-order valence-corrected chi connectivity index (χ3v) is 5.05. The van der Waals surface area contributed by atoms with Gasteiger partial charge in [-0.25, -0.2) is 0 Å². The van der Waals surface area contributed by atoms with Gasteiger partial charge in [-0.05, 0) is 12.1 Å². The second-order valence-electron chi connectivity index (χ2n) is 7.81. The molecule has 5 aromatic rings. The van der Waals surface area contributed by atoms with Crippen molar-refractivity contribution in [3.05, 3.63) is 96.1 Å². The van der Waals surface area contributed by atoms with Gasteiger partial charge in [0, 0.05) is 11.1 Å². The minimum Gasteiger partial charge on any atom is -0.368 e. The zero-order valence-corrected chi connectivity index (χ0v) is 20.4. The van der Waals surface area contributed by atoms with Crippen molar-refractivity contribution in [2.45, 2.75) is 0 Å². The fourth-order valence-electron chi connectivity index (χ4n) is 3.37. The number of nitrogens with zero attached hydrogens (tertiary/aromatic N) is 6. The van der Waals surface area contributed by atoms with Crippen molar-refractivity contribution in [3.63, 3.8) is 0 Å². The van der Waals surface area contributed by atoms with Crippen molar-refractivity contribution in [1.29, 1.82) is 0 Å². The van der Waals surface area contributed by atoms with Crippen molar-refractivity contribution < 1.29 is 9.59 Å². The highest BCUT2D eigenvalue weighted by Gasteiger charge is 2.25. The highest BCUT2D eigenvalue weighted by Crippen LogP contribution is 2.16. The second-order valence-corrected chi connectivity index (χ2v) is 7.81. The molecule has 9 N–H and O–H groups in total. The van der Waals surface area contributed by atoms with Gasteiger partial charge in [-0.3, -0.25) is 14.9 Å². The molecule has 0 unspecified atom stereocenters. The summed E-state index contributed by atoms with van der Waals surface area (Å²) in [6.45, 7) is 0. The van der Waals surface area contributed by atoms with E-state index >= 15 is 0 Å². The smallest absolute Gasteiger partial charge is 0.258 e.